The maximum Gasteiger partial charge on any atom is 0.193 e. The topological polar surface area (TPSA) is 49.3 Å². The molecular formula is C19H29ClN4O2. The number of rotatable bonds is 6. The summed E-state index contributed by atoms with van der Waals surface area (Å²) in [6, 6.07) is 8.05. The van der Waals surface area contributed by atoms with E-state index in [9.17, 15) is 0 Å². The first-order valence-corrected chi connectivity index (χ1v) is 9.69. The molecule has 2 aliphatic rings. The molecule has 1 N–H and O–H groups in total. The molecule has 26 heavy (non-hydrogen) atoms. The molecule has 1 aromatic carbocycles. The van der Waals surface area contributed by atoms with E-state index in [1.807, 2.05) is 31.3 Å². The van der Waals surface area contributed by atoms with Gasteiger partial charge in [0.15, 0.2) is 5.96 Å². The molecule has 0 amide bonds. The van der Waals surface area contributed by atoms with E-state index in [1.165, 1.54) is 19.4 Å². The Morgan fingerprint density at radius 1 is 1.42 bits per heavy atom. The van der Waals surface area contributed by atoms with Gasteiger partial charge in [-0.2, -0.15) is 0 Å². The zero-order valence-electron chi connectivity index (χ0n) is 15.7. The number of halogens is 1. The molecule has 2 saturated heterocycles. The minimum Gasteiger partial charge on any atom is -0.492 e. The molecule has 0 aromatic heterocycles. The molecule has 1 aromatic rings. The van der Waals surface area contributed by atoms with E-state index in [4.69, 9.17) is 21.1 Å². The van der Waals surface area contributed by atoms with Crippen LogP contribution >= 0.6 is 11.6 Å². The quantitative estimate of drug-likeness (QED) is 0.605. The molecule has 0 bridgehead atoms. The Kier molecular flexibility index (Phi) is 7.00. The monoisotopic (exact) mass is 380 g/mol. The Balaban J connectivity index is 1.38. The summed E-state index contributed by atoms with van der Waals surface area (Å²) < 4.78 is 11.8. The van der Waals surface area contributed by atoms with E-state index < -0.39 is 0 Å². The van der Waals surface area contributed by atoms with Crippen molar-refractivity contribution < 1.29 is 9.47 Å². The van der Waals surface area contributed by atoms with Crippen LogP contribution in [0.25, 0.3) is 0 Å². The van der Waals surface area contributed by atoms with Crippen LogP contribution in [0.1, 0.15) is 12.8 Å². The van der Waals surface area contributed by atoms with E-state index in [0.29, 0.717) is 17.7 Å². The van der Waals surface area contributed by atoms with Gasteiger partial charge in [-0.1, -0.05) is 11.6 Å². The number of hydrogen-bond acceptors (Lipinski definition) is 4. The lowest BCUT2D eigenvalue weighted by Gasteiger charge is -2.35. The van der Waals surface area contributed by atoms with Gasteiger partial charge in [-0.05, 0) is 43.7 Å². The van der Waals surface area contributed by atoms with Crippen molar-refractivity contribution in [2.75, 3.05) is 53.5 Å². The predicted octanol–water partition coefficient (Wildman–Crippen LogP) is 2.09. The average Bonchev–Trinajstić information content (AvgIpc) is 3.11. The lowest BCUT2D eigenvalue weighted by molar-refractivity contribution is -0.0454. The molecule has 2 unspecified atom stereocenters. The second-order valence-electron chi connectivity index (χ2n) is 6.90. The number of nitrogens with one attached hydrogen (secondary N) is 1. The summed E-state index contributed by atoms with van der Waals surface area (Å²) >= 11 is 5.88. The van der Waals surface area contributed by atoms with E-state index in [-0.39, 0.29) is 6.10 Å². The Morgan fingerprint density at radius 3 is 3.00 bits per heavy atom. The standard InChI is InChI=1S/C19H29ClN4O2/c1-21-19(22-12-18-13-24-9-3-4-16(24)14-26-18)23(2)10-11-25-17-7-5-15(20)6-8-17/h5-8,16,18H,3-4,9-14H2,1-2H3,(H,21,22). The average molecular weight is 381 g/mol. The number of ether oxygens (including phenoxy) is 2. The number of hydrogen-bond donors (Lipinski definition) is 1. The molecule has 2 fully saturated rings. The van der Waals surface area contributed by atoms with Crippen molar-refractivity contribution in [3.05, 3.63) is 29.3 Å². The summed E-state index contributed by atoms with van der Waals surface area (Å²) in [5.41, 5.74) is 0. The molecule has 144 valence electrons. The maximum atomic E-state index is 6.00. The third-order valence-corrected chi connectivity index (χ3v) is 5.28. The Labute approximate surface area is 161 Å². The van der Waals surface area contributed by atoms with Gasteiger partial charge >= 0.3 is 0 Å². The van der Waals surface area contributed by atoms with Gasteiger partial charge in [0.25, 0.3) is 0 Å². The molecule has 3 rings (SSSR count). The Hall–Kier alpha value is -1.50. The zero-order chi connectivity index (χ0) is 18.4. The summed E-state index contributed by atoms with van der Waals surface area (Å²) in [5, 5.41) is 4.14. The molecule has 7 heteroatoms. The molecular weight excluding hydrogens is 352 g/mol. The summed E-state index contributed by atoms with van der Waals surface area (Å²) in [7, 11) is 3.82. The highest BCUT2D eigenvalue weighted by atomic mass is 35.5. The number of likely N-dealkylation sites (N-methyl/N-ethyl adjacent to an activating group) is 1. The highest BCUT2D eigenvalue weighted by Crippen LogP contribution is 2.22. The molecule has 2 heterocycles. The second kappa shape index (κ2) is 9.44. The first-order chi connectivity index (χ1) is 12.7. The summed E-state index contributed by atoms with van der Waals surface area (Å²) in [6.45, 7) is 5.17. The number of nitrogens with zero attached hydrogens (tertiary/aromatic N) is 3. The number of morpholine rings is 1. The molecule has 0 aliphatic carbocycles. The summed E-state index contributed by atoms with van der Waals surface area (Å²) in [6.07, 6.45) is 2.80. The van der Waals surface area contributed by atoms with Crippen molar-refractivity contribution in [1.82, 2.24) is 15.1 Å². The van der Waals surface area contributed by atoms with Crippen molar-refractivity contribution >= 4 is 17.6 Å². The number of guanidine groups is 1. The highest BCUT2D eigenvalue weighted by molar-refractivity contribution is 6.30. The van der Waals surface area contributed by atoms with Crippen molar-refractivity contribution in [1.29, 1.82) is 0 Å². The smallest absolute Gasteiger partial charge is 0.193 e. The van der Waals surface area contributed by atoms with Crippen LogP contribution in [-0.2, 0) is 4.74 Å². The van der Waals surface area contributed by atoms with Crippen LogP contribution < -0.4 is 10.1 Å². The van der Waals surface area contributed by atoms with Crippen LogP contribution in [0.4, 0.5) is 0 Å². The third kappa shape index (κ3) is 5.25. The van der Waals surface area contributed by atoms with Gasteiger partial charge in [-0.15, -0.1) is 0 Å². The largest absolute Gasteiger partial charge is 0.492 e. The molecule has 2 aliphatic heterocycles. The van der Waals surface area contributed by atoms with Crippen molar-refractivity contribution in [2.45, 2.75) is 25.0 Å². The van der Waals surface area contributed by atoms with E-state index in [1.54, 1.807) is 7.05 Å². The van der Waals surface area contributed by atoms with Crippen molar-refractivity contribution in [3.8, 4) is 5.75 Å². The molecule has 6 nitrogen and oxygen atoms in total. The molecule has 0 saturated carbocycles. The zero-order valence-corrected chi connectivity index (χ0v) is 16.4. The van der Waals surface area contributed by atoms with Gasteiger partial charge in [0.2, 0.25) is 0 Å². The van der Waals surface area contributed by atoms with Crippen LogP contribution in [0.3, 0.4) is 0 Å². The van der Waals surface area contributed by atoms with Crippen LogP contribution in [0.15, 0.2) is 29.3 Å². The van der Waals surface area contributed by atoms with Gasteiger partial charge in [-0.3, -0.25) is 9.89 Å². The fourth-order valence-corrected chi connectivity index (χ4v) is 3.66. The number of fused-ring (bicyclic) bond motifs is 1. The minimum absolute atomic E-state index is 0.222. The Bertz CT molecular complexity index is 596. The fourth-order valence-electron chi connectivity index (χ4n) is 3.54. The first kappa shape index (κ1) is 19.3. The summed E-state index contributed by atoms with van der Waals surface area (Å²) in [4.78, 5) is 8.99. The molecule has 0 radical (unpaired) electrons. The normalized spacial score (nSPS) is 23.6. The van der Waals surface area contributed by atoms with Gasteiger partial charge in [0.05, 0.1) is 19.3 Å². The minimum atomic E-state index is 0.222. The van der Waals surface area contributed by atoms with E-state index in [0.717, 1.165) is 38.0 Å². The van der Waals surface area contributed by atoms with Gasteiger partial charge in [0.1, 0.15) is 12.4 Å². The lowest BCUT2D eigenvalue weighted by atomic mass is 10.2. The SMILES string of the molecule is CN=C(NCC1CN2CCCC2CO1)N(C)CCOc1ccc(Cl)cc1. The van der Waals surface area contributed by atoms with Crippen LogP contribution in [0.2, 0.25) is 5.02 Å². The van der Waals surface area contributed by atoms with Crippen LogP contribution in [0, 0.1) is 0 Å². The summed E-state index contributed by atoms with van der Waals surface area (Å²) in [5.74, 6) is 1.68. The van der Waals surface area contributed by atoms with Gasteiger partial charge in [0, 0.05) is 38.2 Å². The van der Waals surface area contributed by atoms with Crippen molar-refractivity contribution in [2.24, 2.45) is 4.99 Å². The lowest BCUT2D eigenvalue weighted by Crippen LogP contribution is -2.51. The van der Waals surface area contributed by atoms with Gasteiger partial charge < -0.3 is 19.7 Å². The van der Waals surface area contributed by atoms with Crippen LogP contribution in [-0.4, -0.2) is 81.4 Å². The van der Waals surface area contributed by atoms with E-state index in [2.05, 4.69) is 20.1 Å². The predicted molar refractivity (Wildman–Crippen MR) is 105 cm³/mol. The highest BCUT2D eigenvalue weighted by Gasteiger charge is 2.32. The van der Waals surface area contributed by atoms with Gasteiger partial charge in [-0.25, -0.2) is 0 Å². The van der Waals surface area contributed by atoms with Crippen LogP contribution in [0.5, 0.6) is 5.75 Å². The number of aliphatic imine (C=N–C) groups is 1. The third-order valence-electron chi connectivity index (χ3n) is 5.03. The fraction of sp³-hybridized carbons (Fsp3) is 0.632. The van der Waals surface area contributed by atoms with Crippen molar-refractivity contribution in [3.63, 3.8) is 0 Å². The number of benzene rings is 1. The van der Waals surface area contributed by atoms with E-state index >= 15 is 0 Å². The Morgan fingerprint density at radius 2 is 2.23 bits per heavy atom. The maximum absolute atomic E-state index is 6.00. The molecule has 2 atom stereocenters. The molecule has 0 spiro atoms. The second-order valence-corrected chi connectivity index (χ2v) is 7.33. The first-order valence-electron chi connectivity index (χ1n) is 9.31.